The summed E-state index contributed by atoms with van der Waals surface area (Å²) in [5.74, 6) is 0.905. The van der Waals surface area contributed by atoms with Crippen LogP contribution in [0, 0.1) is 0 Å². The Morgan fingerprint density at radius 3 is 2.05 bits per heavy atom. The molecule has 1 atom stereocenters. The summed E-state index contributed by atoms with van der Waals surface area (Å²) in [6.07, 6.45) is 0.200. The fraction of sp³-hybridized carbons (Fsp3) is 0.294. The molecule has 2 nitrogen and oxygen atoms in total. The summed E-state index contributed by atoms with van der Waals surface area (Å²) in [6.45, 7) is 6.18. The molecule has 1 N–H and O–H groups in total. The van der Waals surface area contributed by atoms with Crippen LogP contribution in [0.3, 0.4) is 0 Å². The minimum atomic E-state index is 0.200. The molecule has 2 aromatic carbocycles. The van der Waals surface area contributed by atoms with E-state index in [-0.39, 0.29) is 12.1 Å². The maximum absolute atomic E-state index is 5.88. The molecular weight excluding hydrogens is 270 g/mol. The van der Waals surface area contributed by atoms with Crippen LogP contribution in [-0.4, -0.2) is 6.10 Å². The van der Waals surface area contributed by atoms with Crippen molar-refractivity contribution >= 4 is 17.3 Å². The molecule has 106 valence electrons. The molecule has 0 spiro atoms. The van der Waals surface area contributed by atoms with Gasteiger partial charge in [0.2, 0.25) is 0 Å². The van der Waals surface area contributed by atoms with Crippen LogP contribution in [0.2, 0.25) is 5.02 Å². The van der Waals surface area contributed by atoms with Crippen molar-refractivity contribution in [2.75, 3.05) is 5.32 Å². The minimum Gasteiger partial charge on any atom is -0.491 e. The monoisotopic (exact) mass is 289 g/mol. The van der Waals surface area contributed by atoms with Gasteiger partial charge < -0.3 is 10.1 Å². The number of halogens is 1. The molecule has 0 bridgehead atoms. The van der Waals surface area contributed by atoms with Crippen LogP contribution in [0.5, 0.6) is 5.75 Å². The molecule has 20 heavy (non-hydrogen) atoms. The fourth-order valence-corrected chi connectivity index (χ4v) is 2.11. The van der Waals surface area contributed by atoms with E-state index in [4.69, 9.17) is 16.3 Å². The second-order valence-electron chi connectivity index (χ2n) is 5.11. The molecule has 0 amide bonds. The number of hydrogen-bond donors (Lipinski definition) is 1. The van der Waals surface area contributed by atoms with E-state index in [1.165, 1.54) is 5.56 Å². The quantitative estimate of drug-likeness (QED) is 0.806. The van der Waals surface area contributed by atoms with Crippen LogP contribution < -0.4 is 10.1 Å². The SMILES string of the molecule is CC(C)Oc1ccc(C(C)Nc2ccc(Cl)cc2)cc1. The molecule has 2 rings (SSSR count). The molecule has 0 aliphatic rings. The summed E-state index contributed by atoms with van der Waals surface area (Å²) in [6, 6.07) is 16.2. The fourth-order valence-electron chi connectivity index (χ4n) is 1.99. The standard InChI is InChI=1S/C17H20ClNO/c1-12(2)20-17-10-4-14(5-11-17)13(3)19-16-8-6-15(18)7-9-16/h4-13,19H,1-3H3. The average Bonchev–Trinajstić information content (AvgIpc) is 2.41. The largest absolute Gasteiger partial charge is 0.491 e. The Labute approximate surface area is 125 Å². The lowest BCUT2D eigenvalue weighted by Gasteiger charge is -2.17. The summed E-state index contributed by atoms with van der Waals surface area (Å²) < 4.78 is 5.65. The number of hydrogen-bond acceptors (Lipinski definition) is 2. The number of ether oxygens (including phenoxy) is 1. The van der Waals surface area contributed by atoms with Crippen LogP contribution in [-0.2, 0) is 0 Å². The van der Waals surface area contributed by atoms with Crippen molar-refractivity contribution in [1.29, 1.82) is 0 Å². The Bertz CT molecular complexity index is 534. The van der Waals surface area contributed by atoms with Gasteiger partial charge in [0.15, 0.2) is 0 Å². The molecule has 1 unspecified atom stereocenters. The molecule has 0 radical (unpaired) electrons. The summed E-state index contributed by atoms with van der Waals surface area (Å²) in [7, 11) is 0. The van der Waals surface area contributed by atoms with Crippen molar-refractivity contribution in [3.05, 3.63) is 59.1 Å². The highest BCUT2D eigenvalue weighted by atomic mass is 35.5. The average molecular weight is 290 g/mol. The third-order valence-electron chi connectivity index (χ3n) is 2.98. The van der Waals surface area contributed by atoms with Gasteiger partial charge in [-0.05, 0) is 62.7 Å². The Kier molecular flexibility index (Phi) is 4.91. The first-order chi connectivity index (χ1) is 9.54. The van der Waals surface area contributed by atoms with Gasteiger partial charge in [0.1, 0.15) is 5.75 Å². The van der Waals surface area contributed by atoms with E-state index >= 15 is 0 Å². The molecular formula is C17H20ClNO. The lowest BCUT2D eigenvalue weighted by atomic mass is 10.1. The molecule has 0 aliphatic heterocycles. The first-order valence-corrected chi connectivity index (χ1v) is 7.21. The zero-order chi connectivity index (χ0) is 14.5. The maximum atomic E-state index is 5.88. The van der Waals surface area contributed by atoms with Crippen molar-refractivity contribution in [1.82, 2.24) is 0 Å². The van der Waals surface area contributed by atoms with E-state index in [1.807, 2.05) is 50.2 Å². The molecule has 0 fully saturated rings. The lowest BCUT2D eigenvalue weighted by Crippen LogP contribution is -2.08. The number of nitrogens with one attached hydrogen (secondary N) is 1. The number of benzene rings is 2. The third kappa shape index (κ3) is 4.17. The van der Waals surface area contributed by atoms with Crippen LogP contribution in [0.1, 0.15) is 32.4 Å². The van der Waals surface area contributed by atoms with Crippen molar-refractivity contribution in [3.8, 4) is 5.75 Å². The highest BCUT2D eigenvalue weighted by molar-refractivity contribution is 6.30. The second-order valence-corrected chi connectivity index (χ2v) is 5.54. The predicted octanol–water partition coefficient (Wildman–Crippen LogP) is 5.30. The van der Waals surface area contributed by atoms with E-state index in [1.54, 1.807) is 0 Å². The highest BCUT2D eigenvalue weighted by Crippen LogP contribution is 2.23. The number of anilines is 1. The van der Waals surface area contributed by atoms with Gasteiger partial charge in [0.25, 0.3) is 0 Å². The molecule has 3 heteroatoms. The first-order valence-electron chi connectivity index (χ1n) is 6.83. The highest BCUT2D eigenvalue weighted by Gasteiger charge is 2.06. The van der Waals surface area contributed by atoms with Crippen LogP contribution in [0.4, 0.5) is 5.69 Å². The molecule has 0 saturated carbocycles. The molecule has 0 aliphatic carbocycles. The smallest absolute Gasteiger partial charge is 0.119 e. The van der Waals surface area contributed by atoms with Gasteiger partial charge in [-0.2, -0.15) is 0 Å². The van der Waals surface area contributed by atoms with Gasteiger partial charge in [0.05, 0.1) is 6.10 Å². The summed E-state index contributed by atoms with van der Waals surface area (Å²) in [5, 5.41) is 4.19. The molecule has 0 saturated heterocycles. The van der Waals surface area contributed by atoms with Gasteiger partial charge in [-0.15, -0.1) is 0 Å². The van der Waals surface area contributed by atoms with Crippen molar-refractivity contribution in [2.45, 2.75) is 32.9 Å². The van der Waals surface area contributed by atoms with Gasteiger partial charge in [-0.3, -0.25) is 0 Å². The van der Waals surface area contributed by atoms with E-state index in [0.29, 0.717) is 0 Å². The molecule has 0 aromatic heterocycles. The summed E-state index contributed by atoms with van der Waals surface area (Å²) in [5.41, 5.74) is 2.28. The van der Waals surface area contributed by atoms with Gasteiger partial charge in [0, 0.05) is 16.8 Å². The van der Waals surface area contributed by atoms with Gasteiger partial charge in [-0.25, -0.2) is 0 Å². The van der Waals surface area contributed by atoms with Crippen molar-refractivity contribution in [3.63, 3.8) is 0 Å². The van der Waals surface area contributed by atoms with Gasteiger partial charge >= 0.3 is 0 Å². The Morgan fingerprint density at radius 1 is 0.900 bits per heavy atom. The Hall–Kier alpha value is -1.67. The zero-order valence-electron chi connectivity index (χ0n) is 12.1. The third-order valence-corrected chi connectivity index (χ3v) is 3.23. The normalized spacial score (nSPS) is 12.2. The molecule has 2 aromatic rings. The topological polar surface area (TPSA) is 21.3 Å². The van der Waals surface area contributed by atoms with Crippen LogP contribution in [0.15, 0.2) is 48.5 Å². The first kappa shape index (κ1) is 14.7. The van der Waals surface area contributed by atoms with E-state index < -0.39 is 0 Å². The van der Waals surface area contributed by atoms with Crippen molar-refractivity contribution < 1.29 is 4.74 Å². The maximum Gasteiger partial charge on any atom is 0.119 e. The lowest BCUT2D eigenvalue weighted by molar-refractivity contribution is 0.242. The Morgan fingerprint density at radius 2 is 1.50 bits per heavy atom. The minimum absolute atomic E-state index is 0.200. The van der Waals surface area contributed by atoms with Gasteiger partial charge in [-0.1, -0.05) is 23.7 Å². The molecule has 0 heterocycles. The van der Waals surface area contributed by atoms with Crippen molar-refractivity contribution in [2.24, 2.45) is 0 Å². The zero-order valence-corrected chi connectivity index (χ0v) is 12.8. The Balaban J connectivity index is 2.01. The van der Waals surface area contributed by atoms with E-state index in [2.05, 4.69) is 24.4 Å². The van der Waals surface area contributed by atoms with E-state index in [9.17, 15) is 0 Å². The summed E-state index contributed by atoms with van der Waals surface area (Å²) >= 11 is 5.88. The summed E-state index contributed by atoms with van der Waals surface area (Å²) in [4.78, 5) is 0. The van der Waals surface area contributed by atoms with Crippen LogP contribution >= 0.6 is 11.6 Å². The number of rotatable bonds is 5. The predicted molar refractivity (Wildman–Crippen MR) is 85.7 cm³/mol. The van der Waals surface area contributed by atoms with E-state index in [0.717, 1.165) is 16.5 Å². The van der Waals surface area contributed by atoms with Crippen LogP contribution in [0.25, 0.3) is 0 Å². The second kappa shape index (κ2) is 6.67.